The third kappa shape index (κ3) is 1.96. The van der Waals surface area contributed by atoms with Crippen molar-refractivity contribution >= 4 is 11.8 Å². The number of carbonyl (C=O) groups excluding carboxylic acids is 2. The molecule has 3 atom stereocenters. The van der Waals surface area contributed by atoms with E-state index in [-0.39, 0.29) is 6.61 Å². The molecule has 0 aliphatic carbocycles. The van der Waals surface area contributed by atoms with Crippen LogP contribution >= 0.6 is 0 Å². The predicted molar refractivity (Wildman–Crippen MR) is 72.1 cm³/mol. The van der Waals surface area contributed by atoms with Crippen LogP contribution in [0.25, 0.3) is 0 Å². The van der Waals surface area contributed by atoms with Gasteiger partial charge in [-0.15, -0.1) is 0 Å². The van der Waals surface area contributed by atoms with Crippen molar-refractivity contribution in [2.24, 2.45) is 11.7 Å². The zero-order valence-corrected chi connectivity index (χ0v) is 11.8. The standard InChI is InChI=1S/C14H17N3O4/c1-6-11-9(7(5-18)4-16-6)8-3-14(2,21-11)17-13(20)10(8)12(15)19/h4,8,10,18H,3,5H2,1-2H3,(H2,15,19)(H,17,20)/t8-,10+,14-/m1/s1. The highest BCUT2D eigenvalue weighted by molar-refractivity contribution is 6.01. The van der Waals surface area contributed by atoms with Gasteiger partial charge in [0.25, 0.3) is 0 Å². The number of fused-ring (bicyclic) bond motifs is 4. The minimum absolute atomic E-state index is 0.237. The molecule has 1 aromatic heterocycles. The van der Waals surface area contributed by atoms with Crippen LogP contribution in [0.1, 0.15) is 36.1 Å². The third-order valence-electron chi connectivity index (χ3n) is 4.19. The number of hydrogen-bond donors (Lipinski definition) is 3. The van der Waals surface area contributed by atoms with Gasteiger partial charge in [0.2, 0.25) is 11.8 Å². The average Bonchev–Trinajstić information content (AvgIpc) is 2.38. The number of nitrogens with zero attached hydrogens (tertiary/aromatic N) is 1. The highest BCUT2D eigenvalue weighted by atomic mass is 16.5. The van der Waals surface area contributed by atoms with Crippen molar-refractivity contribution in [2.45, 2.75) is 38.5 Å². The summed E-state index contributed by atoms with van der Waals surface area (Å²) in [5.74, 6) is -1.97. The Morgan fingerprint density at radius 3 is 3.00 bits per heavy atom. The molecule has 2 bridgehead atoms. The number of primary amides is 1. The maximum atomic E-state index is 12.2. The molecule has 2 aliphatic rings. The van der Waals surface area contributed by atoms with Crippen molar-refractivity contribution in [1.29, 1.82) is 0 Å². The molecule has 21 heavy (non-hydrogen) atoms. The number of ether oxygens (including phenoxy) is 1. The van der Waals surface area contributed by atoms with Crippen molar-refractivity contribution in [1.82, 2.24) is 10.3 Å². The third-order valence-corrected chi connectivity index (χ3v) is 4.19. The Hall–Kier alpha value is -2.15. The van der Waals surface area contributed by atoms with Gasteiger partial charge in [0.15, 0.2) is 5.72 Å². The second kappa shape index (κ2) is 4.42. The zero-order chi connectivity index (χ0) is 15.4. The summed E-state index contributed by atoms with van der Waals surface area (Å²) in [6.45, 7) is 3.30. The number of aliphatic hydroxyl groups excluding tert-OH is 1. The van der Waals surface area contributed by atoms with E-state index >= 15 is 0 Å². The first-order valence-corrected chi connectivity index (χ1v) is 6.76. The van der Waals surface area contributed by atoms with Gasteiger partial charge >= 0.3 is 0 Å². The van der Waals surface area contributed by atoms with Gasteiger partial charge in [0.05, 0.1) is 12.3 Å². The second-order valence-corrected chi connectivity index (χ2v) is 5.78. The van der Waals surface area contributed by atoms with E-state index in [1.165, 1.54) is 0 Å². The molecule has 2 aliphatic heterocycles. The van der Waals surface area contributed by atoms with Crippen LogP contribution in [0.15, 0.2) is 6.20 Å². The minimum Gasteiger partial charge on any atom is -0.466 e. The molecule has 4 N–H and O–H groups in total. The van der Waals surface area contributed by atoms with Crippen LogP contribution < -0.4 is 15.8 Å². The molecule has 0 spiro atoms. The molecule has 0 radical (unpaired) electrons. The van der Waals surface area contributed by atoms with Crippen molar-refractivity contribution < 1.29 is 19.4 Å². The fraction of sp³-hybridized carbons (Fsp3) is 0.500. The average molecular weight is 291 g/mol. The molecule has 2 amide bonds. The molecule has 0 saturated carbocycles. The number of nitrogens with two attached hydrogens (primary N) is 1. The first kappa shape index (κ1) is 13.8. The maximum absolute atomic E-state index is 12.2. The van der Waals surface area contributed by atoms with Crippen molar-refractivity contribution in [3.63, 3.8) is 0 Å². The molecular formula is C14H17N3O4. The highest BCUT2D eigenvalue weighted by Gasteiger charge is 2.52. The fourth-order valence-electron chi connectivity index (χ4n) is 3.30. The molecule has 3 rings (SSSR count). The molecule has 0 unspecified atom stereocenters. The van der Waals surface area contributed by atoms with Gasteiger partial charge in [0, 0.05) is 29.7 Å². The van der Waals surface area contributed by atoms with Gasteiger partial charge < -0.3 is 20.9 Å². The number of amides is 2. The lowest BCUT2D eigenvalue weighted by molar-refractivity contribution is -0.145. The van der Waals surface area contributed by atoms with Crippen LogP contribution in [-0.2, 0) is 16.2 Å². The summed E-state index contributed by atoms with van der Waals surface area (Å²) in [6, 6.07) is 0. The lowest BCUT2D eigenvalue weighted by Gasteiger charge is -2.47. The molecule has 112 valence electrons. The normalized spacial score (nSPS) is 30.1. The number of carbonyl (C=O) groups is 2. The second-order valence-electron chi connectivity index (χ2n) is 5.78. The number of rotatable bonds is 2. The Morgan fingerprint density at radius 2 is 2.38 bits per heavy atom. The SMILES string of the molecule is Cc1ncc(CO)c2c1O[C@]1(C)C[C@H]2[C@@H](C(N)=O)C(=O)N1. The molecule has 1 aromatic rings. The highest BCUT2D eigenvalue weighted by Crippen LogP contribution is 2.48. The number of piperidine rings is 1. The van der Waals surface area contributed by atoms with Crippen LogP contribution in [0.2, 0.25) is 0 Å². The monoisotopic (exact) mass is 291 g/mol. The van der Waals surface area contributed by atoms with Crippen LogP contribution in [0.4, 0.5) is 0 Å². The largest absolute Gasteiger partial charge is 0.466 e. The number of nitrogens with one attached hydrogen (secondary N) is 1. The maximum Gasteiger partial charge on any atom is 0.236 e. The Kier molecular flexibility index (Phi) is 2.91. The van der Waals surface area contributed by atoms with E-state index in [1.807, 2.05) is 0 Å². The van der Waals surface area contributed by atoms with E-state index in [0.29, 0.717) is 29.0 Å². The van der Waals surface area contributed by atoms with E-state index in [9.17, 15) is 14.7 Å². The van der Waals surface area contributed by atoms with Crippen LogP contribution in [0.5, 0.6) is 5.75 Å². The number of aromatic nitrogens is 1. The smallest absolute Gasteiger partial charge is 0.236 e. The summed E-state index contributed by atoms with van der Waals surface area (Å²) >= 11 is 0. The van der Waals surface area contributed by atoms with Crippen LogP contribution in [0, 0.1) is 12.8 Å². The summed E-state index contributed by atoms with van der Waals surface area (Å²) in [4.78, 5) is 28.1. The lowest BCUT2D eigenvalue weighted by atomic mass is 9.73. The van der Waals surface area contributed by atoms with Gasteiger partial charge in [-0.1, -0.05) is 0 Å². The molecular weight excluding hydrogens is 274 g/mol. The number of aryl methyl sites for hydroxylation is 1. The van der Waals surface area contributed by atoms with E-state index in [4.69, 9.17) is 10.5 Å². The Morgan fingerprint density at radius 1 is 1.67 bits per heavy atom. The molecule has 0 aromatic carbocycles. The predicted octanol–water partition coefficient (Wildman–Crippen LogP) is -0.304. The summed E-state index contributed by atoms with van der Waals surface area (Å²) in [7, 11) is 0. The van der Waals surface area contributed by atoms with Crippen LogP contribution in [-0.4, -0.2) is 27.6 Å². The van der Waals surface area contributed by atoms with Gasteiger partial charge in [-0.05, 0) is 13.8 Å². The molecule has 7 heteroatoms. The Balaban J connectivity index is 2.23. The lowest BCUT2D eigenvalue weighted by Crippen LogP contribution is -2.62. The Bertz CT molecular complexity index is 645. The quantitative estimate of drug-likeness (QED) is 0.647. The first-order valence-electron chi connectivity index (χ1n) is 6.76. The Labute approximate surface area is 121 Å². The van der Waals surface area contributed by atoms with Gasteiger partial charge in [0.1, 0.15) is 11.7 Å². The summed E-state index contributed by atoms with van der Waals surface area (Å²) in [5.41, 5.74) is 6.39. The van der Waals surface area contributed by atoms with Gasteiger partial charge in [-0.3, -0.25) is 14.6 Å². The van der Waals surface area contributed by atoms with E-state index in [0.717, 1.165) is 0 Å². The topological polar surface area (TPSA) is 115 Å². The molecule has 1 fully saturated rings. The number of pyridine rings is 1. The van der Waals surface area contributed by atoms with Crippen molar-refractivity contribution in [3.05, 3.63) is 23.0 Å². The summed E-state index contributed by atoms with van der Waals surface area (Å²) in [5, 5.41) is 12.2. The first-order chi connectivity index (χ1) is 9.86. The van der Waals surface area contributed by atoms with Gasteiger partial charge in [-0.2, -0.15) is 0 Å². The fourth-order valence-corrected chi connectivity index (χ4v) is 3.30. The number of aliphatic hydroxyl groups is 1. The molecule has 1 saturated heterocycles. The number of hydrogen-bond acceptors (Lipinski definition) is 5. The van der Waals surface area contributed by atoms with Gasteiger partial charge in [-0.25, -0.2) is 0 Å². The van der Waals surface area contributed by atoms with E-state index < -0.39 is 29.4 Å². The minimum atomic E-state index is -0.965. The summed E-state index contributed by atoms with van der Waals surface area (Å²) in [6.07, 6.45) is 1.97. The van der Waals surface area contributed by atoms with Crippen LogP contribution in [0.3, 0.4) is 0 Å². The molecule has 3 heterocycles. The van der Waals surface area contributed by atoms with Crippen molar-refractivity contribution in [2.75, 3.05) is 0 Å². The zero-order valence-electron chi connectivity index (χ0n) is 11.8. The molecule has 7 nitrogen and oxygen atoms in total. The van der Waals surface area contributed by atoms with E-state index in [2.05, 4.69) is 10.3 Å². The van der Waals surface area contributed by atoms with Crippen molar-refractivity contribution in [3.8, 4) is 5.75 Å². The van der Waals surface area contributed by atoms with E-state index in [1.54, 1.807) is 20.0 Å². The summed E-state index contributed by atoms with van der Waals surface area (Å²) < 4.78 is 5.90.